The van der Waals surface area contributed by atoms with Gasteiger partial charge >= 0.3 is 0 Å². The van der Waals surface area contributed by atoms with Gasteiger partial charge in [-0.2, -0.15) is 9.49 Å². The van der Waals surface area contributed by atoms with Gasteiger partial charge < -0.3 is 15.5 Å². The molecular formula is C21H26FN9O2. The van der Waals surface area contributed by atoms with Crippen LogP contribution in [-0.2, 0) is 13.6 Å². The number of carbonyl (C=O) groups excluding carboxylic acids is 1. The Kier molecular flexibility index (Phi) is 6.36. The standard InChI is InChI=1S/C21H26FN9O2/c1-13-17(5-4-16(25-13)20(33)23-2)31-8-6-30(7-9-31)12-14-10-18(28-29(14)3)26-21-24-11-15(22)19(32)27-21/h4-5,10-11H,6-9,12H2,1-3H3,(H,23,33)(H2,24,26,27,28,32). The van der Waals surface area contributed by atoms with Gasteiger partial charge in [-0.1, -0.05) is 0 Å². The van der Waals surface area contributed by atoms with Crippen LogP contribution in [0, 0.1) is 12.7 Å². The van der Waals surface area contributed by atoms with Crippen LogP contribution in [-0.4, -0.2) is 68.8 Å². The Morgan fingerprint density at radius 2 is 2.00 bits per heavy atom. The van der Waals surface area contributed by atoms with Crippen molar-refractivity contribution in [1.82, 2.24) is 34.9 Å². The van der Waals surface area contributed by atoms with Crippen molar-refractivity contribution in [3.8, 4) is 0 Å². The van der Waals surface area contributed by atoms with Crippen molar-refractivity contribution >= 4 is 23.4 Å². The van der Waals surface area contributed by atoms with Crippen LogP contribution in [0.25, 0.3) is 0 Å². The van der Waals surface area contributed by atoms with E-state index in [9.17, 15) is 14.0 Å². The molecule has 1 saturated heterocycles. The van der Waals surface area contributed by atoms with Gasteiger partial charge in [0.25, 0.3) is 11.5 Å². The van der Waals surface area contributed by atoms with E-state index in [1.807, 2.05) is 26.1 Å². The third-order valence-electron chi connectivity index (χ3n) is 5.60. The second kappa shape index (κ2) is 9.36. The Bertz CT molecular complexity index is 1210. The Balaban J connectivity index is 1.36. The molecule has 174 valence electrons. The third-order valence-corrected chi connectivity index (χ3v) is 5.60. The van der Waals surface area contributed by atoms with Crippen molar-refractivity contribution in [3.63, 3.8) is 0 Å². The SMILES string of the molecule is CNC(=O)c1ccc(N2CCN(Cc3cc(Nc4ncc(F)c(=O)[nH]4)nn3C)CC2)c(C)n1. The molecule has 11 nitrogen and oxygen atoms in total. The maximum atomic E-state index is 13.1. The van der Waals surface area contributed by atoms with Gasteiger partial charge in [0.05, 0.1) is 23.3 Å². The molecule has 3 aromatic rings. The zero-order valence-electron chi connectivity index (χ0n) is 18.7. The van der Waals surface area contributed by atoms with Crippen LogP contribution in [0.4, 0.5) is 21.8 Å². The van der Waals surface area contributed by atoms with Crippen molar-refractivity contribution in [1.29, 1.82) is 0 Å². The molecule has 0 radical (unpaired) electrons. The lowest BCUT2D eigenvalue weighted by Crippen LogP contribution is -2.46. The van der Waals surface area contributed by atoms with Crippen LogP contribution in [0.1, 0.15) is 21.9 Å². The molecule has 1 aliphatic rings. The molecule has 4 rings (SSSR count). The van der Waals surface area contributed by atoms with E-state index < -0.39 is 11.4 Å². The van der Waals surface area contributed by atoms with Crippen LogP contribution >= 0.6 is 0 Å². The molecule has 3 aromatic heterocycles. The highest BCUT2D eigenvalue weighted by Crippen LogP contribution is 2.21. The summed E-state index contributed by atoms with van der Waals surface area (Å²) in [5.41, 5.74) is 2.44. The van der Waals surface area contributed by atoms with Crippen molar-refractivity contribution in [2.45, 2.75) is 13.5 Å². The summed E-state index contributed by atoms with van der Waals surface area (Å²) < 4.78 is 14.9. The van der Waals surface area contributed by atoms with E-state index in [0.29, 0.717) is 18.1 Å². The van der Waals surface area contributed by atoms with Gasteiger partial charge in [0.15, 0.2) is 5.82 Å². The molecule has 0 saturated carbocycles. The van der Waals surface area contributed by atoms with Crippen molar-refractivity contribution in [3.05, 3.63) is 57.6 Å². The van der Waals surface area contributed by atoms with Crippen LogP contribution < -0.4 is 21.1 Å². The number of piperazine rings is 1. The average Bonchev–Trinajstić information content (AvgIpc) is 3.14. The zero-order chi connectivity index (χ0) is 23.5. The summed E-state index contributed by atoms with van der Waals surface area (Å²) >= 11 is 0. The number of carbonyl (C=O) groups is 1. The molecule has 0 bridgehead atoms. The predicted octanol–water partition coefficient (Wildman–Crippen LogP) is 0.771. The molecule has 0 aromatic carbocycles. The normalized spacial score (nSPS) is 14.4. The molecule has 0 unspecified atom stereocenters. The van der Waals surface area contributed by atoms with E-state index in [4.69, 9.17) is 0 Å². The molecule has 33 heavy (non-hydrogen) atoms. The number of hydrogen-bond acceptors (Lipinski definition) is 8. The fraction of sp³-hybridized carbons (Fsp3) is 0.381. The monoisotopic (exact) mass is 455 g/mol. The van der Waals surface area contributed by atoms with Gasteiger partial charge in [0.1, 0.15) is 5.69 Å². The average molecular weight is 455 g/mol. The molecule has 0 spiro atoms. The summed E-state index contributed by atoms with van der Waals surface area (Å²) in [6.07, 6.45) is 0.869. The van der Waals surface area contributed by atoms with Crippen molar-refractivity contribution in [2.75, 3.05) is 43.4 Å². The first-order chi connectivity index (χ1) is 15.8. The summed E-state index contributed by atoms with van der Waals surface area (Å²) in [4.78, 5) is 38.4. The number of pyridine rings is 1. The smallest absolute Gasteiger partial charge is 0.288 e. The number of nitrogens with one attached hydrogen (secondary N) is 3. The van der Waals surface area contributed by atoms with Gasteiger partial charge in [0.2, 0.25) is 11.8 Å². The number of nitrogens with zero attached hydrogens (tertiary/aromatic N) is 6. The number of halogens is 1. The lowest BCUT2D eigenvalue weighted by molar-refractivity contribution is 0.0958. The number of rotatable bonds is 6. The summed E-state index contributed by atoms with van der Waals surface area (Å²) in [5, 5.41) is 9.89. The van der Waals surface area contributed by atoms with Gasteiger partial charge in [-0.05, 0) is 19.1 Å². The highest BCUT2D eigenvalue weighted by molar-refractivity contribution is 5.92. The minimum Gasteiger partial charge on any atom is -0.368 e. The number of aryl methyl sites for hydroxylation is 2. The molecule has 0 aliphatic carbocycles. The largest absolute Gasteiger partial charge is 0.368 e. The Hall–Kier alpha value is -3.80. The molecule has 3 N–H and O–H groups in total. The number of anilines is 3. The maximum absolute atomic E-state index is 13.1. The second-order valence-corrected chi connectivity index (χ2v) is 7.82. The van der Waals surface area contributed by atoms with E-state index in [1.165, 1.54) is 0 Å². The number of amides is 1. The fourth-order valence-electron chi connectivity index (χ4n) is 3.80. The number of H-pyrrole nitrogens is 1. The second-order valence-electron chi connectivity index (χ2n) is 7.82. The topological polar surface area (TPSA) is 124 Å². The first kappa shape index (κ1) is 22.4. The summed E-state index contributed by atoms with van der Waals surface area (Å²) in [6.45, 7) is 6.02. The molecule has 1 fully saturated rings. The number of aromatic amines is 1. The summed E-state index contributed by atoms with van der Waals surface area (Å²) in [7, 11) is 3.44. The maximum Gasteiger partial charge on any atom is 0.288 e. The predicted molar refractivity (Wildman–Crippen MR) is 121 cm³/mol. The third kappa shape index (κ3) is 5.00. The van der Waals surface area contributed by atoms with Gasteiger partial charge in [-0.3, -0.25) is 24.2 Å². The van der Waals surface area contributed by atoms with E-state index in [2.05, 4.69) is 40.5 Å². The molecule has 1 amide bonds. The van der Waals surface area contributed by atoms with E-state index in [1.54, 1.807) is 17.8 Å². The number of aromatic nitrogens is 5. The quantitative estimate of drug-likeness (QED) is 0.498. The lowest BCUT2D eigenvalue weighted by Gasteiger charge is -2.36. The van der Waals surface area contributed by atoms with Gasteiger partial charge in [-0.25, -0.2) is 9.97 Å². The highest BCUT2D eigenvalue weighted by atomic mass is 19.1. The van der Waals surface area contributed by atoms with E-state index >= 15 is 0 Å². The summed E-state index contributed by atoms with van der Waals surface area (Å²) in [6, 6.07) is 5.58. The number of hydrogen-bond donors (Lipinski definition) is 3. The molecule has 0 atom stereocenters. The first-order valence-electron chi connectivity index (χ1n) is 10.6. The molecular weight excluding hydrogens is 429 g/mol. The molecule has 12 heteroatoms. The molecule has 1 aliphatic heterocycles. The minimum absolute atomic E-state index is 0.131. The van der Waals surface area contributed by atoms with Crippen LogP contribution in [0.5, 0.6) is 0 Å². The van der Waals surface area contributed by atoms with Crippen LogP contribution in [0.3, 0.4) is 0 Å². The van der Waals surface area contributed by atoms with Gasteiger partial charge in [-0.15, -0.1) is 0 Å². The highest BCUT2D eigenvalue weighted by Gasteiger charge is 2.21. The Labute approximate surface area is 189 Å². The van der Waals surface area contributed by atoms with E-state index in [-0.39, 0.29) is 11.9 Å². The van der Waals surface area contributed by atoms with Gasteiger partial charge in [0, 0.05) is 52.9 Å². The van der Waals surface area contributed by atoms with Crippen molar-refractivity contribution < 1.29 is 9.18 Å². The zero-order valence-corrected chi connectivity index (χ0v) is 18.7. The minimum atomic E-state index is -0.935. The van der Waals surface area contributed by atoms with Crippen LogP contribution in [0.15, 0.2) is 29.2 Å². The van der Waals surface area contributed by atoms with Crippen molar-refractivity contribution in [2.24, 2.45) is 7.05 Å². The summed E-state index contributed by atoms with van der Waals surface area (Å²) in [5.74, 6) is -0.485. The first-order valence-corrected chi connectivity index (χ1v) is 10.6. The molecule has 4 heterocycles. The Morgan fingerprint density at radius 1 is 1.24 bits per heavy atom. The van der Waals surface area contributed by atoms with E-state index in [0.717, 1.165) is 49.5 Å². The fourth-order valence-corrected chi connectivity index (χ4v) is 3.80. The Morgan fingerprint density at radius 3 is 2.67 bits per heavy atom. The van der Waals surface area contributed by atoms with Crippen LogP contribution in [0.2, 0.25) is 0 Å². The lowest BCUT2D eigenvalue weighted by atomic mass is 10.2.